The lowest BCUT2D eigenvalue weighted by molar-refractivity contribution is -0.139. The van der Waals surface area contributed by atoms with Gasteiger partial charge in [0.25, 0.3) is 5.91 Å². The monoisotopic (exact) mass is 327 g/mol. The molecule has 0 spiro atoms. The highest BCUT2D eigenvalue weighted by Gasteiger charge is 2.28. The van der Waals surface area contributed by atoms with Gasteiger partial charge in [0.2, 0.25) is 5.88 Å². The fourth-order valence-corrected chi connectivity index (χ4v) is 2.72. The van der Waals surface area contributed by atoms with E-state index < -0.39 is 6.10 Å². The first-order valence-corrected chi connectivity index (χ1v) is 8.15. The molecule has 1 saturated heterocycles. The maximum Gasteiger partial charge on any atom is 0.263 e. The first-order valence-electron chi connectivity index (χ1n) is 8.15. The molecule has 126 valence electrons. The molecule has 24 heavy (non-hydrogen) atoms. The van der Waals surface area contributed by atoms with E-state index in [0.29, 0.717) is 24.7 Å². The molecule has 0 saturated carbocycles. The van der Waals surface area contributed by atoms with E-state index in [-0.39, 0.29) is 12.0 Å². The summed E-state index contributed by atoms with van der Waals surface area (Å²) in [4.78, 5) is 22.4. The second kappa shape index (κ2) is 7.77. The van der Waals surface area contributed by atoms with E-state index in [0.717, 1.165) is 12.8 Å². The van der Waals surface area contributed by atoms with Crippen LogP contribution in [0.3, 0.4) is 0 Å². The van der Waals surface area contributed by atoms with Crippen LogP contribution in [0.4, 0.5) is 0 Å². The van der Waals surface area contributed by atoms with Crippen LogP contribution in [-0.4, -0.2) is 46.1 Å². The van der Waals surface area contributed by atoms with Crippen molar-refractivity contribution in [3.63, 3.8) is 0 Å². The summed E-state index contributed by atoms with van der Waals surface area (Å²) in [6, 6.07) is 9.40. The molecule has 1 atom stereocenters. The minimum absolute atomic E-state index is 0.0109. The Morgan fingerprint density at radius 2 is 1.96 bits per heavy atom. The van der Waals surface area contributed by atoms with Crippen LogP contribution < -0.4 is 9.47 Å². The summed E-state index contributed by atoms with van der Waals surface area (Å²) in [5, 5.41) is 0. The number of amides is 1. The molecule has 2 heterocycles. The van der Waals surface area contributed by atoms with E-state index in [2.05, 4.69) is 9.97 Å². The molecule has 6 nitrogen and oxygen atoms in total. The van der Waals surface area contributed by atoms with Crippen LogP contribution >= 0.6 is 0 Å². The Bertz CT molecular complexity index is 643. The van der Waals surface area contributed by atoms with Crippen molar-refractivity contribution in [3.05, 3.63) is 48.9 Å². The van der Waals surface area contributed by atoms with Gasteiger partial charge in [-0.1, -0.05) is 18.2 Å². The van der Waals surface area contributed by atoms with Crippen LogP contribution in [0.2, 0.25) is 0 Å². The zero-order valence-electron chi connectivity index (χ0n) is 13.7. The number of nitrogens with zero attached hydrogens (tertiary/aromatic N) is 3. The summed E-state index contributed by atoms with van der Waals surface area (Å²) < 4.78 is 11.5. The Kier molecular flexibility index (Phi) is 5.25. The number of piperidine rings is 1. The van der Waals surface area contributed by atoms with Crippen molar-refractivity contribution in [3.8, 4) is 11.6 Å². The average Bonchev–Trinajstić information content (AvgIpc) is 2.63. The summed E-state index contributed by atoms with van der Waals surface area (Å²) in [5.74, 6) is 1.25. The Morgan fingerprint density at radius 3 is 2.62 bits per heavy atom. The van der Waals surface area contributed by atoms with E-state index in [1.54, 1.807) is 25.5 Å². The van der Waals surface area contributed by atoms with Crippen molar-refractivity contribution in [2.24, 2.45) is 0 Å². The number of hydrogen-bond donors (Lipinski definition) is 0. The maximum atomic E-state index is 12.5. The molecule has 1 fully saturated rings. The molecule has 6 heteroatoms. The second-order valence-corrected chi connectivity index (χ2v) is 5.76. The van der Waals surface area contributed by atoms with Crippen molar-refractivity contribution < 1.29 is 14.3 Å². The van der Waals surface area contributed by atoms with Crippen LogP contribution in [0.25, 0.3) is 0 Å². The van der Waals surface area contributed by atoms with Crippen molar-refractivity contribution in [2.75, 3.05) is 13.1 Å². The summed E-state index contributed by atoms with van der Waals surface area (Å²) in [6.07, 6.45) is 5.95. The van der Waals surface area contributed by atoms with E-state index in [1.807, 2.05) is 35.2 Å². The van der Waals surface area contributed by atoms with Gasteiger partial charge >= 0.3 is 0 Å². The number of hydrogen-bond acceptors (Lipinski definition) is 5. The highest BCUT2D eigenvalue weighted by atomic mass is 16.5. The van der Waals surface area contributed by atoms with Gasteiger partial charge in [-0.15, -0.1) is 0 Å². The molecule has 3 rings (SSSR count). The fraction of sp³-hybridized carbons (Fsp3) is 0.389. The summed E-state index contributed by atoms with van der Waals surface area (Å²) in [7, 11) is 0. The second-order valence-electron chi connectivity index (χ2n) is 5.76. The van der Waals surface area contributed by atoms with Gasteiger partial charge in [0, 0.05) is 38.3 Å². The molecular weight excluding hydrogens is 306 g/mol. The zero-order chi connectivity index (χ0) is 16.8. The molecule has 1 aromatic heterocycles. The predicted octanol–water partition coefficient (Wildman–Crippen LogP) is 2.31. The average molecular weight is 327 g/mol. The Balaban J connectivity index is 1.48. The number of carbonyl (C=O) groups excluding carboxylic acids is 1. The first-order chi connectivity index (χ1) is 11.7. The highest BCUT2D eigenvalue weighted by molar-refractivity contribution is 5.81. The van der Waals surface area contributed by atoms with Gasteiger partial charge in [0.1, 0.15) is 11.9 Å². The SMILES string of the molecule is CC(Oc1ccccc1)C(=O)N1CCC(Oc2cnccn2)CC1. The van der Waals surface area contributed by atoms with Gasteiger partial charge < -0.3 is 14.4 Å². The smallest absolute Gasteiger partial charge is 0.263 e. The predicted molar refractivity (Wildman–Crippen MR) is 88.8 cm³/mol. The maximum absolute atomic E-state index is 12.5. The summed E-state index contributed by atoms with van der Waals surface area (Å²) in [6.45, 7) is 3.11. The summed E-state index contributed by atoms with van der Waals surface area (Å²) >= 11 is 0. The standard InChI is InChI=1S/C18H21N3O3/c1-14(23-15-5-3-2-4-6-15)18(22)21-11-7-16(8-12-21)24-17-13-19-9-10-20-17/h2-6,9-10,13-14,16H,7-8,11-12H2,1H3. The van der Waals surface area contributed by atoms with E-state index in [1.165, 1.54) is 0 Å². The van der Waals surface area contributed by atoms with Gasteiger partial charge in [-0.05, 0) is 19.1 Å². The number of para-hydroxylation sites is 1. The molecule has 0 aliphatic carbocycles. The molecule has 1 unspecified atom stereocenters. The van der Waals surface area contributed by atoms with Gasteiger partial charge in [0.15, 0.2) is 6.10 Å². The van der Waals surface area contributed by atoms with Crippen LogP contribution in [0.1, 0.15) is 19.8 Å². The molecular formula is C18H21N3O3. The van der Waals surface area contributed by atoms with Crippen LogP contribution in [-0.2, 0) is 4.79 Å². The number of rotatable bonds is 5. The number of aromatic nitrogens is 2. The lowest BCUT2D eigenvalue weighted by Gasteiger charge is -2.33. The topological polar surface area (TPSA) is 64.5 Å². The first kappa shape index (κ1) is 16.2. The number of likely N-dealkylation sites (tertiary alicyclic amines) is 1. The van der Waals surface area contributed by atoms with Crippen molar-refractivity contribution in [1.29, 1.82) is 0 Å². The van der Waals surface area contributed by atoms with Gasteiger partial charge in [-0.2, -0.15) is 0 Å². The van der Waals surface area contributed by atoms with Gasteiger partial charge in [-0.3, -0.25) is 9.78 Å². The van der Waals surface area contributed by atoms with Crippen molar-refractivity contribution >= 4 is 5.91 Å². The highest BCUT2D eigenvalue weighted by Crippen LogP contribution is 2.18. The fourth-order valence-electron chi connectivity index (χ4n) is 2.72. The normalized spacial score (nSPS) is 16.5. The third-order valence-corrected chi connectivity index (χ3v) is 3.98. The third kappa shape index (κ3) is 4.22. The lowest BCUT2D eigenvalue weighted by atomic mass is 10.1. The molecule has 1 amide bonds. The minimum atomic E-state index is -0.496. The van der Waals surface area contributed by atoms with E-state index in [4.69, 9.17) is 9.47 Å². The largest absolute Gasteiger partial charge is 0.481 e. The molecule has 1 aromatic carbocycles. The Hall–Kier alpha value is -2.63. The van der Waals surface area contributed by atoms with Crippen molar-refractivity contribution in [2.45, 2.75) is 32.0 Å². The molecule has 0 N–H and O–H groups in total. The van der Waals surface area contributed by atoms with E-state index in [9.17, 15) is 4.79 Å². The molecule has 0 bridgehead atoms. The van der Waals surface area contributed by atoms with Gasteiger partial charge in [0.05, 0.1) is 6.20 Å². The van der Waals surface area contributed by atoms with Crippen LogP contribution in [0.15, 0.2) is 48.9 Å². The Labute approximate surface area is 141 Å². The number of carbonyl (C=O) groups is 1. The summed E-state index contributed by atoms with van der Waals surface area (Å²) in [5.41, 5.74) is 0. The zero-order valence-corrected chi connectivity index (χ0v) is 13.7. The quantitative estimate of drug-likeness (QED) is 0.843. The third-order valence-electron chi connectivity index (χ3n) is 3.98. The van der Waals surface area contributed by atoms with E-state index >= 15 is 0 Å². The molecule has 2 aromatic rings. The molecule has 0 radical (unpaired) electrons. The minimum Gasteiger partial charge on any atom is -0.481 e. The Morgan fingerprint density at radius 1 is 1.21 bits per heavy atom. The van der Waals surface area contributed by atoms with Crippen molar-refractivity contribution in [1.82, 2.24) is 14.9 Å². The lowest BCUT2D eigenvalue weighted by Crippen LogP contribution is -2.46. The number of ether oxygens (including phenoxy) is 2. The molecule has 1 aliphatic rings. The number of benzene rings is 1. The van der Waals surface area contributed by atoms with Crippen LogP contribution in [0.5, 0.6) is 11.6 Å². The molecule has 1 aliphatic heterocycles. The van der Waals surface area contributed by atoms with Crippen LogP contribution in [0, 0.1) is 0 Å². The van der Waals surface area contributed by atoms with Gasteiger partial charge in [-0.25, -0.2) is 4.98 Å².